The minimum atomic E-state index is -0.257. The Labute approximate surface area is 184 Å². The van der Waals surface area contributed by atoms with Gasteiger partial charge in [-0.2, -0.15) is 0 Å². The highest BCUT2D eigenvalue weighted by molar-refractivity contribution is 5.75. The van der Waals surface area contributed by atoms with Crippen LogP contribution in [-0.4, -0.2) is 52.6 Å². The first-order valence-corrected chi connectivity index (χ1v) is 11.0. The number of nitrogens with zero attached hydrogens (tertiary/aromatic N) is 4. The number of rotatable bonds is 4. The van der Waals surface area contributed by atoms with Gasteiger partial charge in [-0.3, -0.25) is 0 Å². The number of amides is 2. The van der Waals surface area contributed by atoms with Gasteiger partial charge in [0.15, 0.2) is 0 Å². The Kier molecular flexibility index (Phi) is 6.82. The van der Waals surface area contributed by atoms with E-state index in [1.54, 1.807) is 0 Å². The van der Waals surface area contributed by atoms with Crippen LogP contribution < -0.4 is 10.2 Å². The summed E-state index contributed by atoms with van der Waals surface area (Å²) in [5, 5.41) is 3.04. The monoisotopic (exact) mass is 427 g/mol. The van der Waals surface area contributed by atoms with Crippen molar-refractivity contribution in [3.05, 3.63) is 52.7 Å². The lowest BCUT2D eigenvalue weighted by Crippen LogP contribution is -2.55. The maximum absolute atomic E-state index is 13.4. The van der Waals surface area contributed by atoms with Crippen LogP contribution in [0.2, 0.25) is 0 Å². The third-order valence-electron chi connectivity index (χ3n) is 5.32. The lowest BCUT2D eigenvalue weighted by atomic mass is 9.97. The van der Waals surface area contributed by atoms with E-state index in [-0.39, 0.29) is 23.3 Å². The van der Waals surface area contributed by atoms with Crippen LogP contribution in [0.5, 0.6) is 0 Å². The van der Waals surface area contributed by atoms with Crippen LogP contribution in [0.25, 0.3) is 0 Å². The molecule has 1 fully saturated rings. The molecular formula is C24H34FN5O. The lowest BCUT2D eigenvalue weighted by Gasteiger charge is -2.38. The molecule has 0 aliphatic carbocycles. The zero-order valence-electron chi connectivity index (χ0n) is 19.5. The molecule has 0 bridgehead atoms. The Bertz CT molecular complexity index is 913. The van der Waals surface area contributed by atoms with E-state index in [4.69, 9.17) is 9.97 Å². The molecule has 0 unspecified atom stereocenters. The number of carbonyl (C=O) groups is 1. The number of urea groups is 1. The van der Waals surface area contributed by atoms with Gasteiger partial charge in [0.05, 0.1) is 5.69 Å². The van der Waals surface area contributed by atoms with E-state index in [2.05, 4.69) is 24.1 Å². The number of benzene rings is 1. The highest BCUT2D eigenvalue weighted by Crippen LogP contribution is 2.29. The molecule has 1 aliphatic heterocycles. The van der Waals surface area contributed by atoms with E-state index in [0.717, 1.165) is 28.5 Å². The molecule has 0 saturated carbocycles. The fourth-order valence-corrected chi connectivity index (χ4v) is 3.84. The second kappa shape index (κ2) is 9.20. The quantitative estimate of drug-likeness (QED) is 0.792. The van der Waals surface area contributed by atoms with Crippen molar-refractivity contribution in [1.29, 1.82) is 0 Å². The van der Waals surface area contributed by atoms with Gasteiger partial charge in [0.1, 0.15) is 17.5 Å². The van der Waals surface area contributed by atoms with Gasteiger partial charge in [-0.05, 0) is 51.3 Å². The van der Waals surface area contributed by atoms with Crippen molar-refractivity contribution in [2.75, 3.05) is 31.1 Å². The minimum absolute atomic E-state index is 0.0274. The summed E-state index contributed by atoms with van der Waals surface area (Å²) in [6.07, 6.45) is 0.647. The summed E-state index contributed by atoms with van der Waals surface area (Å²) in [6.45, 7) is 14.8. The Morgan fingerprint density at radius 2 is 1.71 bits per heavy atom. The molecule has 1 aliphatic rings. The van der Waals surface area contributed by atoms with Gasteiger partial charge in [0.2, 0.25) is 0 Å². The second-order valence-electron chi connectivity index (χ2n) is 9.57. The van der Waals surface area contributed by atoms with Crippen LogP contribution >= 0.6 is 0 Å². The predicted octanol–water partition coefficient (Wildman–Crippen LogP) is 4.27. The molecule has 0 spiro atoms. The summed E-state index contributed by atoms with van der Waals surface area (Å²) in [7, 11) is 0. The maximum Gasteiger partial charge on any atom is 0.317 e. The van der Waals surface area contributed by atoms with Crippen molar-refractivity contribution in [2.24, 2.45) is 0 Å². The van der Waals surface area contributed by atoms with Crippen molar-refractivity contribution in [1.82, 2.24) is 20.2 Å². The van der Waals surface area contributed by atoms with Gasteiger partial charge in [-0.15, -0.1) is 0 Å². The number of hydrogen-bond donors (Lipinski definition) is 1. The molecule has 1 aromatic heterocycles. The lowest BCUT2D eigenvalue weighted by molar-refractivity contribution is 0.185. The highest BCUT2D eigenvalue weighted by Gasteiger charge is 2.27. The third-order valence-corrected chi connectivity index (χ3v) is 5.32. The molecule has 1 N–H and O–H groups in total. The molecule has 2 heterocycles. The van der Waals surface area contributed by atoms with Gasteiger partial charge in [0.25, 0.3) is 0 Å². The molecule has 31 heavy (non-hydrogen) atoms. The van der Waals surface area contributed by atoms with E-state index in [1.165, 1.54) is 12.1 Å². The van der Waals surface area contributed by atoms with E-state index in [9.17, 15) is 9.18 Å². The van der Waals surface area contributed by atoms with Crippen LogP contribution in [0, 0.1) is 12.7 Å². The normalized spacial score (nSPS) is 14.8. The predicted molar refractivity (Wildman–Crippen MR) is 122 cm³/mol. The van der Waals surface area contributed by atoms with Crippen molar-refractivity contribution >= 4 is 11.8 Å². The van der Waals surface area contributed by atoms with E-state index in [1.807, 2.05) is 44.7 Å². The van der Waals surface area contributed by atoms with E-state index < -0.39 is 0 Å². The van der Waals surface area contributed by atoms with Gasteiger partial charge < -0.3 is 15.1 Å². The fraction of sp³-hybridized carbons (Fsp3) is 0.542. The Hall–Kier alpha value is -2.70. The van der Waals surface area contributed by atoms with Gasteiger partial charge in [-0.1, -0.05) is 26.0 Å². The number of piperazine rings is 1. The minimum Gasteiger partial charge on any atom is -0.353 e. The summed E-state index contributed by atoms with van der Waals surface area (Å²) in [5.74, 6) is 1.68. The molecule has 0 radical (unpaired) electrons. The molecule has 0 atom stereocenters. The summed E-state index contributed by atoms with van der Waals surface area (Å²) >= 11 is 0. The average molecular weight is 428 g/mol. The first kappa shape index (κ1) is 23.0. The molecule has 2 amide bonds. The summed E-state index contributed by atoms with van der Waals surface area (Å²) in [6, 6.07) is 6.59. The third kappa shape index (κ3) is 5.93. The SMILES string of the molecule is Cc1nc(C(C)C)c(Cc2ccc(F)cc2)c(N2CCN(C(=O)NC(C)(C)C)CC2)n1. The number of anilines is 1. The number of nitrogens with one attached hydrogen (secondary N) is 1. The average Bonchev–Trinajstić information content (AvgIpc) is 2.69. The molecule has 1 aromatic carbocycles. The first-order valence-electron chi connectivity index (χ1n) is 11.0. The van der Waals surface area contributed by atoms with Crippen molar-refractivity contribution in [2.45, 2.75) is 59.4 Å². The molecular weight excluding hydrogens is 393 g/mol. The largest absolute Gasteiger partial charge is 0.353 e. The number of hydrogen-bond acceptors (Lipinski definition) is 4. The zero-order valence-corrected chi connectivity index (χ0v) is 19.5. The van der Waals surface area contributed by atoms with Gasteiger partial charge >= 0.3 is 6.03 Å². The number of halogens is 1. The Morgan fingerprint density at radius 1 is 1.10 bits per heavy atom. The van der Waals surface area contributed by atoms with Crippen LogP contribution in [0.1, 0.15) is 63.2 Å². The van der Waals surface area contributed by atoms with Gasteiger partial charge in [0, 0.05) is 43.7 Å². The highest BCUT2D eigenvalue weighted by atomic mass is 19.1. The molecule has 3 rings (SSSR count). The molecule has 6 nitrogen and oxygen atoms in total. The first-order chi connectivity index (χ1) is 14.5. The molecule has 2 aromatic rings. The topological polar surface area (TPSA) is 61.4 Å². The Balaban J connectivity index is 1.85. The number of aromatic nitrogens is 2. The second-order valence-corrected chi connectivity index (χ2v) is 9.57. The van der Waals surface area contributed by atoms with Crippen LogP contribution in [-0.2, 0) is 6.42 Å². The maximum atomic E-state index is 13.4. The van der Waals surface area contributed by atoms with Crippen LogP contribution in [0.4, 0.5) is 15.0 Å². The number of aryl methyl sites for hydroxylation is 1. The fourth-order valence-electron chi connectivity index (χ4n) is 3.84. The standard InChI is InChI=1S/C24H34FN5O/c1-16(2)21-20(15-18-7-9-19(25)10-8-18)22(27-17(3)26-21)29-11-13-30(14-12-29)23(31)28-24(4,5)6/h7-10,16H,11-15H2,1-6H3,(H,28,31). The van der Waals surface area contributed by atoms with Gasteiger partial charge in [-0.25, -0.2) is 19.2 Å². The smallest absolute Gasteiger partial charge is 0.317 e. The van der Waals surface area contributed by atoms with Crippen molar-refractivity contribution < 1.29 is 9.18 Å². The Morgan fingerprint density at radius 3 is 2.26 bits per heavy atom. The van der Waals surface area contributed by atoms with Crippen molar-refractivity contribution in [3.63, 3.8) is 0 Å². The molecule has 7 heteroatoms. The zero-order chi connectivity index (χ0) is 22.8. The molecule has 168 valence electrons. The van der Waals surface area contributed by atoms with E-state index in [0.29, 0.717) is 32.6 Å². The van der Waals surface area contributed by atoms with E-state index >= 15 is 0 Å². The summed E-state index contributed by atoms with van der Waals surface area (Å²) in [5.41, 5.74) is 2.88. The van der Waals surface area contributed by atoms with Crippen LogP contribution in [0.15, 0.2) is 24.3 Å². The molecule has 1 saturated heterocycles. The number of carbonyl (C=O) groups excluding carboxylic acids is 1. The van der Waals surface area contributed by atoms with Crippen molar-refractivity contribution in [3.8, 4) is 0 Å². The summed E-state index contributed by atoms with van der Waals surface area (Å²) in [4.78, 5) is 26.2. The van der Waals surface area contributed by atoms with Crippen LogP contribution in [0.3, 0.4) is 0 Å². The summed E-state index contributed by atoms with van der Waals surface area (Å²) < 4.78 is 13.4.